The van der Waals surface area contributed by atoms with Crippen molar-refractivity contribution in [2.75, 3.05) is 26.1 Å². The van der Waals surface area contributed by atoms with E-state index in [2.05, 4.69) is 10.3 Å². The predicted octanol–water partition coefficient (Wildman–Crippen LogP) is 6.16. The van der Waals surface area contributed by atoms with Crippen LogP contribution in [0.2, 0.25) is 5.02 Å². The van der Waals surface area contributed by atoms with Gasteiger partial charge in [0.05, 0.1) is 25.9 Å². The number of halogens is 2. The van der Waals surface area contributed by atoms with Crippen LogP contribution in [0.1, 0.15) is 22.9 Å². The van der Waals surface area contributed by atoms with E-state index in [1.54, 1.807) is 42.3 Å². The molecule has 6 nitrogen and oxygen atoms in total. The van der Waals surface area contributed by atoms with Crippen molar-refractivity contribution in [1.82, 2.24) is 9.88 Å². The van der Waals surface area contributed by atoms with E-state index in [0.717, 1.165) is 27.7 Å². The average molecular weight is 480 g/mol. The van der Waals surface area contributed by atoms with E-state index in [9.17, 15) is 9.18 Å². The summed E-state index contributed by atoms with van der Waals surface area (Å²) in [5.74, 6) is 0.782. The standard InChI is InChI=1S/C26H23ClFN3O3/c1-33-18-8-10-22(23(14-18)34-2)30-26(32)31-12-11-19-20-13-16(27)5-9-21(20)29-24(19)25(31)15-3-6-17(28)7-4-15/h3-10,13-14,25,29H,11-12H2,1-2H3,(H,30,32)/t25-/m0/s1. The van der Waals surface area contributed by atoms with Crippen molar-refractivity contribution < 1.29 is 18.7 Å². The van der Waals surface area contributed by atoms with E-state index in [-0.39, 0.29) is 11.8 Å². The quantitative estimate of drug-likeness (QED) is 0.368. The molecule has 8 heteroatoms. The summed E-state index contributed by atoms with van der Waals surface area (Å²) in [7, 11) is 3.10. The Bertz CT molecular complexity index is 1370. The molecule has 1 atom stereocenters. The van der Waals surface area contributed by atoms with Gasteiger partial charge < -0.3 is 24.7 Å². The third kappa shape index (κ3) is 3.92. The first-order valence-electron chi connectivity index (χ1n) is 10.8. The fourth-order valence-corrected chi connectivity index (χ4v) is 4.73. The van der Waals surface area contributed by atoms with Crippen LogP contribution >= 0.6 is 11.6 Å². The summed E-state index contributed by atoms with van der Waals surface area (Å²) in [5, 5.41) is 4.65. The lowest BCUT2D eigenvalue weighted by molar-refractivity contribution is 0.193. The summed E-state index contributed by atoms with van der Waals surface area (Å²) in [5.41, 5.74) is 4.28. The zero-order chi connectivity index (χ0) is 23.8. The number of fused-ring (bicyclic) bond motifs is 3. The smallest absolute Gasteiger partial charge is 0.322 e. The Morgan fingerprint density at radius 3 is 2.62 bits per heavy atom. The highest BCUT2D eigenvalue weighted by Gasteiger charge is 2.35. The number of nitrogens with one attached hydrogen (secondary N) is 2. The van der Waals surface area contributed by atoms with E-state index in [1.165, 1.54) is 19.2 Å². The van der Waals surface area contributed by atoms with Crippen molar-refractivity contribution in [3.05, 3.63) is 88.3 Å². The number of aromatic nitrogens is 1. The van der Waals surface area contributed by atoms with Gasteiger partial charge >= 0.3 is 6.03 Å². The molecule has 0 radical (unpaired) electrons. The van der Waals surface area contributed by atoms with E-state index in [1.807, 2.05) is 18.2 Å². The number of urea groups is 1. The lowest BCUT2D eigenvalue weighted by Crippen LogP contribution is -2.43. The average Bonchev–Trinajstić information content (AvgIpc) is 3.22. The molecule has 4 aromatic rings. The highest BCUT2D eigenvalue weighted by molar-refractivity contribution is 6.31. The van der Waals surface area contributed by atoms with Gasteiger partial charge in [0, 0.05) is 34.2 Å². The lowest BCUT2D eigenvalue weighted by atomic mass is 9.92. The molecule has 2 heterocycles. The zero-order valence-corrected chi connectivity index (χ0v) is 19.4. The monoisotopic (exact) mass is 479 g/mol. The van der Waals surface area contributed by atoms with Gasteiger partial charge in [0.25, 0.3) is 0 Å². The minimum absolute atomic E-state index is 0.292. The molecule has 0 saturated heterocycles. The molecule has 3 aromatic carbocycles. The van der Waals surface area contributed by atoms with Gasteiger partial charge in [-0.3, -0.25) is 0 Å². The molecule has 5 rings (SSSR count). The van der Waals surface area contributed by atoms with Crippen molar-refractivity contribution in [2.45, 2.75) is 12.5 Å². The number of H-pyrrole nitrogens is 1. The van der Waals surface area contributed by atoms with Crippen LogP contribution in [0.15, 0.2) is 60.7 Å². The fraction of sp³-hybridized carbons (Fsp3) is 0.192. The molecule has 2 amide bonds. The second kappa shape index (κ2) is 8.91. The molecule has 0 bridgehead atoms. The summed E-state index contributed by atoms with van der Waals surface area (Å²) < 4.78 is 24.4. The number of amides is 2. The number of benzene rings is 3. The molecule has 0 saturated carbocycles. The van der Waals surface area contributed by atoms with Gasteiger partial charge in [-0.1, -0.05) is 23.7 Å². The van der Waals surface area contributed by atoms with Crippen LogP contribution in [-0.4, -0.2) is 36.7 Å². The minimum atomic E-state index is -0.431. The van der Waals surface area contributed by atoms with Crippen LogP contribution in [0.4, 0.5) is 14.9 Å². The predicted molar refractivity (Wildman–Crippen MR) is 131 cm³/mol. The summed E-state index contributed by atoms with van der Waals surface area (Å²) in [6.07, 6.45) is 0.653. The molecule has 174 valence electrons. The molecule has 0 aliphatic carbocycles. The van der Waals surface area contributed by atoms with Gasteiger partial charge in [-0.05, 0) is 60.0 Å². The topological polar surface area (TPSA) is 66.6 Å². The van der Waals surface area contributed by atoms with E-state index in [0.29, 0.717) is 35.2 Å². The summed E-state index contributed by atoms with van der Waals surface area (Å²) in [6, 6.07) is 16.4. The molecule has 2 N–H and O–H groups in total. The highest BCUT2D eigenvalue weighted by atomic mass is 35.5. The first-order chi connectivity index (χ1) is 16.5. The largest absolute Gasteiger partial charge is 0.497 e. The maximum Gasteiger partial charge on any atom is 0.322 e. The van der Waals surface area contributed by atoms with Crippen molar-refractivity contribution in [1.29, 1.82) is 0 Å². The van der Waals surface area contributed by atoms with E-state index in [4.69, 9.17) is 21.1 Å². The highest BCUT2D eigenvalue weighted by Crippen LogP contribution is 2.40. The maximum atomic E-state index is 13.7. The molecular weight excluding hydrogens is 457 g/mol. The van der Waals surface area contributed by atoms with Crippen LogP contribution in [0.25, 0.3) is 10.9 Å². The Kier molecular flexibility index (Phi) is 5.79. The Labute approximate surface area is 201 Å². The number of carbonyl (C=O) groups is 1. The normalized spacial score (nSPS) is 15.2. The third-order valence-corrected chi connectivity index (χ3v) is 6.42. The minimum Gasteiger partial charge on any atom is -0.497 e. The van der Waals surface area contributed by atoms with Gasteiger partial charge in [0.1, 0.15) is 17.3 Å². The first kappa shape index (κ1) is 22.1. The first-order valence-corrected chi connectivity index (χ1v) is 11.2. The number of methoxy groups -OCH3 is 2. The van der Waals surface area contributed by atoms with Crippen LogP contribution < -0.4 is 14.8 Å². The Morgan fingerprint density at radius 2 is 1.88 bits per heavy atom. The van der Waals surface area contributed by atoms with Crippen molar-refractivity contribution in [3.8, 4) is 11.5 Å². The molecule has 0 unspecified atom stereocenters. The summed E-state index contributed by atoms with van der Waals surface area (Å²) >= 11 is 6.26. The van der Waals surface area contributed by atoms with Gasteiger partial charge in [0.2, 0.25) is 0 Å². The molecular formula is C26H23ClFN3O3. The van der Waals surface area contributed by atoms with Gasteiger partial charge in [-0.25, -0.2) is 9.18 Å². The van der Waals surface area contributed by atoms with Crippen LogP contribution in [-0.2, 0) is 6.42 Å². The Balaban J connectivity index is 1.56. The Hall–Kier alpha value is -3.71. The van der Waals surface area contributed by atoms with Crippen LogP contribution in [0.3, 0.4) is 0 Å². The second-order valence-corrected chi connectivity index (χ2v) is 8.54. The molecule has 0 spiro atoms. The number of hydrogen-bond donors (Lipinski definition) is 2. The second-order valence-electron chi connectivity index (χ2n) is 8.10. The third-order valence-electron chi connectivity index (χ3n) is 6.19. The summed E-state index contributed by atoms with van der Waals surface area (Å²) in [6.45, 7) is 0.471. The number of anilines is 1. The number of rotatable bonds is 4. The number of hydrogen-bond acceptors (Lipinski definition) is 3. The van der Waals surface area contributed by atoms with E-state index >= 15 is 0 Å². The van der Waals surface area contributed by atoms with E-state index < -0.39 is 6.04 Å². The Morgan fingerprint density at radius 1 is 1.09 bits per heavy atom. The molecule has 0 fully saturated rings. The van der Waals surface area contributed by atoms with Gasteiger partial charge in [-0.15, -0.1) is 0 Å². The number of nitrogens with zero attached hydrogens (tertiary/aromatic N) is 1. The molecule has 1 aliphatic rings. The number of carbonyl (C=O) groups excluding carboxylic acids is 1. The molecule has 34 heavy (non-hydrogen) atoms. The van der Waals surface area contributed by atoms with Gasteiger partial charge in [0.15, 0.2) is 0 Å². The van der Waals surface area contributed by atoms with Crippen molar-refractivity contribution in [2.24, 2.45) is 0 Å². The maximum absolute atomic E-state index is 13.7. The van der Waals surface area contributed by atoms with Crippen LogP contribution in [0.5, 0.6) is 11.5 Å². The lowest BCUT2D eigenvalue weighted by Gasteiger charge is -2.36. The van der Waals surface area contributed by atoms with Gasteiger partial charge in [-0.2, -0.15) is 0 Å². The van der Waals surface area contributed by atoms with Crippen LogP contribution in [0, 0.1) is 5.82 Å². The summed E-state index contributed by atoms with van der Waals surface area (Å²) in [4.78, 5) is 18.8. The SMILES string of the molecule is COc1ccc(NC(=O)N2CCc3c([nH]c4ccc(Cl)cc34)[C@@H]2c2ccc(F)cc2)c(OC)c1. The molecule has 1 aliphatic heterocycles. The number of ether oxygens (including phenoxy) is 2. The van der Waals surface area contributed by atoms with Crippen molar-refractivity contribution >= 4 is 34.2 Å². The number of aromatic amines is 1. The van der Waals surface area contributed by atoms with Crippen molar-refractivity contribution in [3.63, 3.8) is 0 Å². The zero-order valence-electron chi connectivity index (χ0n) is 18.7. The molecule has 1 aromatic heterocycles. The fourth-order valence-electron chi connectivity index (χ4n) is 4.56.